The van der Waals surface area contributed by atoms with E-state index in [1.54, 1.807) is 0 Å². The van der Waals surface area contributed by atoms with E-state index < -0.39 is 11.9 Å². The molecule has 190 valence electrons. The summed E-state index contributed by atoms with van der Waals surface area (Å²) in [7, 11) is 0. The molecule has 0 saturated heterocycles. The van der Waals surface area contributed by atoms with Gasteiger partial charge in [0.05, 0.1) is 13.1 Å². The molecule has 8 nitrogen and oxygen atoms in total. The summed E-state index contributed by atoms with van der Waals surface area (Å²) in [4.78, 5) is 26.4. The summed E-state index contributed by atoms with van der Waals surface area (Å²) in [5.41, 5.74) is 1.81. The van der Waals surface area contributed by atoms with Gasteiger partial charge in [-0.3, -0.25) is 19.4 Å². The third kappa shape index (κ3) is 12.7. The Morgan fingerprint density at radius 2 is 1.14 bits per heavy atom. The van der Waals surface area contributed by atoms with Crippen molar-refractivity contribution in [3.05, 3.63) is 59.7 Å². The van der Waals surface area contributed by atoms with Crippen LogP contribution >= 0.6 is 0 Å². The second-order valence-electron chi connectivity index (χ2n) is 7.47. The molecule has 2 N–H and O–H groups in total. The molecule has 0 bridgehead atoms. The molecule has 2 aromatic rings. The van der Waals surface area contributed by atoms with Crippen LogP contribution in [-0.4, -0.2) is 71.3 Å². The molecule has 2 radical (unpaired) electrons. The smallest absolute Gasteiger partial charge is 0.490 e. The standard InChI is InChI=1S/C23H28N2O6.Co.Cu.Ni.Zn/c26-22(27)16-24-10-5-11-25(17-23(28)29)15-19-7-2-4-9-21(19)31-13-12-30-20-8-3-1-6-18(20)14-24;;;;/h1-4,6-9H,5,10-17H2,(H,26,27)(H,28,29);;;;/q;4*+2. The molecule has 0 saturated carbocycles. The Morgan fingerprint density at radius 3 is 1.51 bits per heavy atom. The summed E-state index contributed by atoms with van der Waals surface area (Å²) in [6, 6.07) is 15.2. The summed E-state index contributed by atoms with van der Waals surface area (Å²) in [5.74, 6) is -0.392. The molecule has 12 heteroatoms. The van der Waals surface area contributed by atoms with Gasteiger partial charge in [0, 0.05) is 37.3 Å². The molecule has 0 unspecified atom stereocenters. The summed E-state index contributed by atoms with van der Waals surface area (Å²) in [6.45, 7) is 2.39. The Kier molecular flexibility index (Phi) is 19.9. The summed E-state index contributed by atoms with van der Waals surface area (Å²) < 4.78 is 11.8. The van der Waals surface area contributed by atoms with E-state index >= 15 is 0 Å². The van der Waals surface area contributed by atoms with Crippen LogP contribution in [0, 0.1) is 0 Å². The number of hydrogen-bond acceptors (Lipinski definition) is 6. The van der Waals surface area contributed by atoms with E-state index in [0.29, 0.717) is 57.3 Å². The van der Waals surface area contributed by atoms with E-state index in [1.165, 1.54) is 0 Å². The van der Waals surface area contributed by atoms with E-state index in [9.17, 15) is 19.8 Å². The van der Waals surface area contributed by atoms with Gasteiger partial charge in [0.1, 0.15) is 24.7 Å². The van der Waals surface area contributed by atoms with Crippen molar-refractivity contribution in [2.75, 3.05) is 39.4 Å². The van der Waals surface area contributed by atoms with Crippen LogP contribution in [0.2, 0.25) is 0 Å². The van der Waals surface area contributed by atoms with Gasteiger partial charge in [0.25, 0.3) is 0 Å². The maximum atomic E-state index is 11.4. The SMILES string of the molecule is O=C(O)CN1CCCN(CC(=O)O)Cc2ccccc2OCCOc2ccccc2C1.[Co+2].[Cu+2].[Ni+2].[Zn+2]. The Labute approximate surface area is 249 Å². The second kappa shape index (κ2) is 19.2. The van der Waals surface area contributed by atoms with Gasteiger partial charge < -0.3 is 19.7 Å². The zero-order valence-electron chi connectivity index (χ0n) is 19.1. The number of para-hydroxylation sites is 2. The first-order valence-electron chi connectivity index (χ1n) is 10.3. The molecule has 1 heterocycles. The average Bonchev–Trinajstić information content (AvgIpc) is 2.72. The van der Waals surface area contributed by atoms with E-state index in [0.717, 1.165) is 11.1 Å². The van der Waals surface area contributed by atoms with Crippen LogP contribution in [0.1, 0.15) is 17.5 Å². The summed E-state index contributed by atoms with van der Waals surface area (Å²) in [5, 5.41) is 18.6. The minimum Gasteiger partial charge on any atom is -0.490 e. The number of nitrogens with zero attached hydrogens (tertiary/aromatic N) is 2. The van der Waals surface area contributed by atoms with Crippen molar-refractivity contribution < 1.29 is 99.1 Å². The summed E-state index contributed by atoms with van der Waals surface area (Å²) in [6.07, 6.45) is 0.632. The Bertz CT molecular complexity index is 842. The van der Waals surface area contributed by atoms with Crippen LogP contribution in [0.4, 0.5) is 0 Å². The van der Waals surface area contributed by atoms with Gasteiger partial charge in [-0.2, -0.15) is 0 Å². The number of hydrogen-bond donors (Lipinski definition) is 2. The van der Waals surface area contributed by atoms with Gasteiger partial charge in [-0.1, -0.05) is 36.4 Å². The van der Waals surface area contributed by atoms with Gasteiger partial charge in [-0.25, -0.2) is 0 Å². The molecule has 1 aliphatic rings. The Balaban J connectivity index is 0. The van der Waals surface area contributed by atoms with Gasteiger partial charge in [-0.15, -0.1) is 0 Å². The van der Waals surface area contributed by atoms with Crippen LogP contribution in [-0.2, 0) is 92.5 Å². The molecular formula is C23H28CoCuN2NiO6Zn+8. The molecule has 0 aromatic heterocycles. The Hall–Kier alpha value is -0.957. The maximum absolute atomic E-state index is 11.4. The molecular weight excluding hydrogens is 647 g/mol. The van der Waals surface area contributed by atoms with Crippen LogP contribution in [0.15, 0.2) is 48.5 Å². The van der Waals surface area contributed by atoms with Gasteiger partial charge in [0.15, 0.2) is 0 Å². The molecule has 0 amide bonds. The van der Waals surface area contributed by atoms with Crippen LogP contribution < -0.4 is 9.47 Å². The van der Waals surface area contributed by atoms with Crippen LogP contribution in [0.5, 0.6) is 11.5 Å². The quantitative estimate of drug-likeness (QED) is 0.477. The van der Waals surface area contributed by atoms with Crippen molar-refractivity contribution in [2.45, 2.75) is 19.5 Å². The number of aliphatic carboxylic acids is 2. The number of fused-ring (bicyclic) bond motifs is 2. The number of carbonyl (C=O) groups is 2. The molecule has 2 aromatic carbocycles. The van der Waals surface area contributed by atoms with Gasteiger partial charge >= 0.3 is 81.8 Å². The molecule has 0 atom stereocenters. The van der Waals surface area contributed by atoms with Crippen molar-refractivity contribution >= 4 is 11.9 Å². The number of carboxylic acids is 2. The third-order valence-corrected chi connectivity index (χ3v) is 5.00. The molecule has 0 fully saturated rings. The van der Waals surface area contributed by atoms with E-state index in [2.05, 4.69) is 0 Å². The monoisotopic (exact) mass is 672 g/mol. The topological polar surface area (TPSA) is 99.5 Å². The zero-order chi connectivity index (χ0) is 22.1. The molecule has 1 aliphatic heterocycles. The molecule has 3 rings (SSSR count). The van der Waals surface area contributed by atoms with Crippen molar-refractivity contribution in [3.63, 3.8) is 0 Å². The van der Waals surface area contributed by atoms with Crippen molar-refractivity contribution in [2.24, 2.45) is 0 Å². The fourth-order valence-corrected chi connectivity index (χ4v) is 3.66. The van der Waals surface area contributed by atoms with Crippen molar-refractivity contribution in [1.29, 1.82) is 0 Å². The van der Waals surface area contributed by atoms with E-state index in [4.69, 9.17) is 9.47 Å². The number of benzene rings is 2. The van der Waals surface area contributed by atoms with Crippen molar-refractivity contribution in [1.82, 2.24) is 9.80 Å². The zero-order valence-corrected chi connectivity index (χ0v) is 25.0. The predicted molar refractivity (Wildman–Crippen MR) is 114 cm³/mol. The molecule has 0 spiro atoms. The molecule has 35 heavy (non-hydrogen) atoms. The normalized spacial score (nSPS) is 14.6. The third-order valence-electron chi connectivity index (χ3n) is 5.00. The van der Waals surface area contributed by atoms with Gasteiger partial charge in [-0.05, 0) is 18.6 Å². The number of rotatable bonds is 4. The van der Waals surface area contributed by atoms with Crippen LogP contribution in [0.25, 0.3) is 0 Å². The maximum Gasteiger partial charge on any atom is 2.00 e. The van der Waals surface area contributed by atoms with Crippen molar-refractivity contribution in [3.8, 4) is 11.5 Å². The van der Waals surface area contributed by atoms with E-state index in [-0.39, 0.29) is 82.9 Å². The Morgan fingerprint density at radius 1 is 0.771 bits per heavy atom. The van der Waals surface area contributed by atoms with Gasteiger partial charge in [0.2, 0.25) is 0 Å². The fraction of sp³-hybridized carbons (Fsp3) is 0.391. The fourth-order valence-electron chi connectivity index (χ4n) is 3.66. The molecule has 0 aliphatic carbocycles. The number of ether oxygens (including phenoxy) is 2. The largest absolute Gasteiger partial charge is 2.00 e. The van der Waals surface area contributed by atoms with Crippen LogP contribution in [0.3, 0.4) is 0 Å². The second-order valence-corrected chi connectivity index (χ2v) is 7.47. The first-order valence-corrected chi connectivity index (χ1v) is 10.3. The minimum absolute atomic E-state index is 0. The first kappa shape index (κ1) is 36.2. The first-order chi connectivity index (χ1) is 15.0. The number of carboxylic acid groups (broad SMARTS) is 2. The van der Waals surface area contributed by atoms with E-state index in [1.807, 2.05) is 58.3 Å². The average molecular weight is 675 g/mol. The minimum atomic E-state index is -0.902. The predicted octanol–water partition coefficient (Wildman–Crippen LogP) is 2.31. The summed E-state index contributed by atoms with van der Waals surface area (Å²) >= 11 is 0.